The van der Waals surface area contributed by atoms with Crippen molar-refractivity contribution in [3.63, 3.8) is 0 Å². The first-order valence-corrected chi connectivity index (χ1v) is 8.66. The monoisotopic (exact) mass is 359 g/mol. The molecular weight excluding hydrogens is 337 g/mol. The van der Waals surface area contributed by atoms with Gasteiger partial charge in [-0.15, -0.1) is 0 Å². The van der Waals surface area contributed by atoms with E-state index in [0.717, 1.165) is 16.8 Å². The zero-order valence-electron chi connectivity index (χ0n) is 15.0. The van der Waals surface area contributed by atoms with Crippen LogP contribution in [0.1, 0.15) is 22.6 Å². The topological polar surface area (TPSA) is 66.7 Å². The lowest BCUT2D eigenvalue weighted by molar-refractivity contribution is -0.138. The van der Waals surface area contributed by atoms with Crippen molar-refractivity contribution in [2.45, 2.75) is 26.7 Å². The summed E-state index contributed by atoms with van der Waals surface area (Å²) in [6, 6.07) is 5.95. The second-order valence-electron chi connectivity index (χ2n) is 6.54. The van der Waals surface area contributed by atoms with Crippen LogP contribution in [-0.2, 0) is 22.4 Å². The van der Waals surface area contributed by atoms with Gasteiger partial charge in [-0.25, -0.2) is 4.39 Å². The van der Waals surface area contributed by atoms with E-state index in [1.165, 1.54) is 12.1 Å². The Kier molecular flexibility index (Phi) is 5.35. The smallest absolute Gasteiger partial charge is 0.227 e. The van der Waals surface area contributed by atoms with Crippen molar-refractivity contribution in [2.75, 3.05) is 26.2 Å². The highest BCUT2D eigenvalue weighted by molar-refractivity contribution is 5.81. The average molecular weight is 359 g/mol. The van der Waals surface area contributed by atoms with Gasteiger partial charge in [0.1, 0.15) is 11.6 Å². The Hall–Kier alpha value is -2.70. The van der Waals surface area contributed by atoms with Crippen LogP contribution in [0.15, 0.2) is 28.8 Å². The van der Waals surface area contributed by atoms with Gasteiger partial charge in [-0.05, 0) is 31.5 Å². The van der Waals surface area contributed by atoms with Crippen LogP contribution in [0.3, 0.4) is 0 Å². The number of hydrogen-bond acceptors (Lipinski definition) is 4. The summed E-state index contributed by atoms with van der Waals surface area (Å²) in [5, 5.41) is 3.87. The van der Waals surface area contributed by atoms with Gasteiger partial charge in [0.2, 0.25) is 11.8 Å². The predicted molar refractivity (Wildman–Crippen MR) is 92.9 cm³/mol. The van der Waals surface area contributed by atoms with Crippen LogP contribution in [0.5, 0.6) is 0 Å². The van der Waals surface area contributed by atoms with Crippen LogP contribution < -0.4 is 0 Å². The van der Waals surface area contributed by atoms with Crippen LogP contribution in [-0.4, -0.2) is 52.9 Å². The number of aryl methyl sites for hydroxylation is 2. The first kappa shape index (κ1) is 18.1. The molecule has 2 aromatic rings. The maximum Gasteiger partial charge on any atom is 0.227 e. The van der Waals surface area contributed by atoms with E-state index in [4.69, 9.17) is 4.52 Å². The van der Waals surface area contributed by atoms with Gasteiger partial charge in [-0.1, -0.05) is 17.3 Å². The molecule has 1 saturated heterocycles. The van der Waals surface area contributed by atoms with Gasteiger partial charge in [0, 0.05) is 31.7 Å². The lowest BCUT2D eigenvalue weighted by Gasteiger charge is -2.35. The first-order valence-electron chi connectivity index (χ1n) is 8.66. The molecule has 2 heterocycles. The van der Waals surface area contributed by atoms with Crippen molar-refractivity contribution < 1.29 is 18.5 Å². The lowest BCUT2D eigenvalue weighted by Crippen LogP contribution is -2.51. The summed E-state index contributed by atoms with van der Waals surface area (Å²) in [7, 11) is 0. The number of amides is 2. The van der Waals surface area contributed by atoms with E-state index in [9.17, 15) is 14.0 Å². The van der Waals surface area contributed by atoms with Crippen LogP contribution in [0.4, 0.5) is 4.39 Å². The minimum atomic E-state index is -0.313. The Balaban J connectivity index is 1.51. The second kappa shape index (κ2) is 7.68. The molecule has 0 N–H and O–H groups in total. The van der Waals surface area contributed by atoms with Crippen molar-refractivity contribution in [1.29, 1.82) is 0 Å². The third-order valence-electron chi connectivity index (χ3n) is 4.76. The Bertz CT molecular complexity index is 773. The van der Waals surface area contributed by atoms with Crippen LogP contribution in [0.2, 0.25) is 0 Å². The summed E-state index contributed by atoms with van der Waals surface area (Å²) < 4.78 is 18.0. The van der Waals surface area contributed by atoms with Gasteiger partial charge < -0.3 is 14.3 Å². The number of piperazine rings is 1. The number of benzene rings is 1. The van der Waals surface area contributed by atoms with Crippen LogP contribution in [0, 0.1) is 19.7 Å². The molecule has 1 fully saturated rings. The zero-order chi connectivity index (χ0) is 18.7. The molecule has 0 bridgehead atoms. The molecule has 138 valence electrons. The largest absolute Gasteiger partial charge is 0.361 e. The maximum absolute atomic E-state index is 12.9. The standard InChI is InChI=1S/C19H22FN3O3/c1-13-17(14(2)26-21-13)12-19(25)23-9-7-22(8-10-23)18(24)11-15-3-5-16(20)6-4-15/h3-6H,7-12H2,1-2H3. The van der Waals surface area contributed by atoms with E-state index in [1.807, 2.05) is 6.92 Å². The molecule has 1 aliphatic heterocycles. The second-order valence-corrected chi connectivity index (χ2v) is 6.54. The van der Waals surface area contributed by atoms with Crippen molar-refractivity contribution in [2.24, 2.45) is 0 Å². The average Bonchev–Trinajstić information content (AvgIpc) is 2.95. The van der Waals surface area contributed by atoms with Gasteiger partial charge in [0.25, 0.3) is 0 Å². The number of aromatic nitrogens is 1. The van der Waals surface area contributed by atoms with Crippen LogP contribution in [0.25, 0.3) is 0 Å². The van der Waals surface area contributed by atoms with Gasteiger partial charge in [0.15, 0.2) is 0 Å². The van der Waals surface area contributed by atoms with Crippen molar-refractivity contribution in [1.82, 2.24) is 15.0 Å². The molecule has 0 aliphatic carbocycles. The number of halogens is 1. The van der Waals surface area contributed by atoms with E-state index >= 15 is 0 Å². The quantitative estimate of drug-likeness (QED) is 0.836. The number of hydrogen-bond donors (Lipinski definition) is 0. The van der Waals surface area contributed by atoms with Gasteiger partial charge in [-0.2, -0.15) is 0 Å². The summed E-state index contributed by atoms with van der Waals surface area (Å²) in [5.41, 5.74) is 2.36. The molecule has 0 spiro atoms. The van der Waals surface area contributed by atoms with E-state index < -0.39 is 0 Å². The molecule has 26 heavy (non-hydrogen) atoms. The van der Waals surface area contributed by atoms with E-state index in [2.05, 4.69) is 5.16 Å². The molecule has 1 aliphatic rings. The summed E-state index contributed by atoms with van der Waals surface area (Å²) in [5.74, 6) is 0.370. The molecule has 0 radical (unpaired) electrons. The van der Waals surface area contributed by atoms with E-state index in [-0.39, 0.29) is 30.5 Å². The fourth-order valence-corrected chi connectivity index (χ4v) is 3.11. The molecule has 2 amide bonds. The molecule has 1 aromatic carbocycles. The molecule has 0 saturated carbocycles. The van der Waals surface area contributed by atoms with Gasteiger partial charge >= 0.3 is 0 Å². The maximum atomic E-state index is 12.9. The van der Waals surface area contributed by atoms with Crippen molar-refractivity contribution >= 4 is 11.8 Å². The summed E-state index contributed by atoms with van der Waals surface area (Å²) in [4.78, 5) is 28.4. The predicted octanol–water partition coefficient (Wildman–Crippen LogP) is 1.89. The highest BCUT2D eigenvalue weighted by atomic mass is 19.1. The summed E-state index contributed by atoms with van der Waals surface area (Å²) in [6.45, 7) is 5.66. The Labute approximate surface area is 151 Å². The molecule has 0 unspecified atom stereocenters. The minimum Gasteiger partial charge on any atom is -0.361 e. The number of carbonyl (C=O) groups is 2. The van der Waals surface area contributed by atoms with Crippen molar-refractivity contribution in [3.05, 3.63) is 52.7 Å². The molecule has 1 aromatic heterocycles. The molecule has 6 nitrogen and oxygen atoms in total. The van der Waals surface area contributed by atoms with Gasteiger partial charge in [-0.3, -0.25) is 9.59 Å². The Morgan fingerprint density at radius 1 is 1.00 bits per heavy atom. The van der Waals surface area contributed by atoms with Crippen LogP contribution >= 0.6 is 0 Å². The SMILES string of the molecule is Cc1noc(C)c1CC(=O)N1CCN(C(=O)Cc2ccc(F)cc2)CC1. The highest BCUT2D eigenvalue weighted by Crippen LogP contribution is 2.15. The third-order valence-corrected chi connectivity index (χ3v) is 4.76. The molecule has 3 rings (SSSR count). The van der Waals surface area contributed by atoms with Crippen molar-refractivity contribution in [3.8, 4) is 0 Å². The fraction of sp³-hybridized carbons (Fsp3) is 0.421. The van der Waals surface area contributed by atoms with E-state index in [0.29, 0.717) is 31.9 Å². The summed E-state index contributed by atoms with van der Waals surface area (Å²) >= 11 is 0. The number of rotatable bonds is 4. The Morgan fingerprint density at radius 3 is 2.04 bits per heavy atom. The lowest BCUT2D eigenvalue weighted by atomic mass is 10.1. The van der Waals surface area contributed by atoms with Gasteiger partial charge in [0.05, 0.1) is 18.5 Å². The molecule has 0 atom stereocenters. The zero-order valence-corrected chi connectivity index (χ0v) is 15.0. The molecule has 7 heteroatoms. The minimum absolute atomic E-state index is 0.00516. The normalized spacial score (nSPS) is 14.6. The fourth-order valence-electron chi connectivity index (χ4n) is 3.11. The Morgan fingerprint density at radius 2 is 1.54 bits per heavy atom. The highest BCUT2D eigenvalue weighted by Gasteiger charge is 2.25. The first-order chi connectivity index (χ1) is 12.4. The van der Waals surface area contributed by atoms with E-state index in [1.54, 1.807) is 28.9 Å². The summed E-state index contributed by atoms with van der Waals surface area (Å²) in [6.07, 6.45) is 0.512. The number of carbonyl (C=O) groups excluding carboxylic acids is 2. The molecular formula is C19H22FN3O3. The third kappa shape index (κ3) is 4.09. The number of nitrogens with zero attached hydrogens (tertiary/aromatic N) is 3.